The predicted octanol–water partition coefficient (Wildman–Crippen LogP) is 1.92. The van der Waals surface area contributed by atoms with Crippen molar-refractivity contribution in [3.05, 3.63) is 74.2 Å². The van der Waals surface area contributed by atoms with Crippen LogP contribution in [0.3, 0.4) is 0 Å². The molecule has 0 aliphatic heterocycles. The number of benzene rings is 1. The van der Waals surface area contributed by atoms with Gasteiger partial charge in [-0.25, -0.2) is 8.78 Å². The van der Waals surface area contributed by atoms with E-state index in [0.717, 1.165) is 41.2 Å². The molecule has 0 aliphatic carbocycles. The number of carbonyl (C=O) groups excluding carboxylic acids is 1. The highest BCUT2D eigenvalue weighted by Crippen LogP contribution is 2.14. The number of rotatable bonds is 4. The van der Waals surface area contributed by atoms with Gasteiger partial charge >= 0.3 is 5.69 Å². The van der Waals surface area contributed by atoms with E-state index >= 15 is 0 Å². The smallest absolute Gasteiger partial charge is 0.332 e. The van der Waals surface area contributed by atoms with E-state index in [4.69, 9.17) is 0 Å². The predicted molar refractivity (Wildman–Crippen MR) is 68.0 cm³/mol. The Hall–Kier alpha value is -2.90. The molecule has 0 spiro atoms. The fourth-order valence-electron chi connectivity index (χ4n) is 1.76. The summed E-state index contributed by atoms with van der Waals surface area (Å²) in [6.45, 7) is -0.529. The minimum atomic E-state index is -1.02. The van der Waals surface area contributed by atoms with Crippen LogP contribution >= 0.6 is 0 Å². The molecule has 2 rings (SSSR count). The van der Waals surface area contributed by atoms with Crippen molar-refractivity contribution in [3.8, 4) is 0 Å². The van der Waals surface area contributed by atoms with Crippen molar-refractivity contribution in [1.82, 2.24) is 4.57 Å². The van der Waals surface area contributed by atoms with Crippen LogP contribution in [0.15, 0.2) is 41.5 Å². The van der Waals surface area contributed by atoms with Gasteiger partial charge in [-0.05, 0) is 12.1 Å². The van der Waals surface area contributed by atoms with Crippen LogP contribution in [-0.2, 0) is 6.54 Å². The maximum atomic E-state index is 13.4. The molecule has 8 heteroatoms. The second kappa shape index (κ2) is 5.61. The van der Waals surface area contributed by atoms with Gasteiger partial charge < -0.3 is 4.57 Å². The van der Waals surface area contributed by atoms with Gasteiger partial charge in [0.15, 0.2) is 5.78 Å². The first-order chi connectivity index (χ1) is 9.90. The summed E-state index contributed by atoms with van der Waals surface area (Å²) in [4.78, 5) is 32.8. The van der Waals surface area contributed by atoms with Gasteiger partial charge in [0.2, 0.25) is 0 Å². The summed E-state index contributed by atoms with van der Waals surface area (Å²) in [5.41, 5.74) is -2.26. The van der Waals surface area contributed by atoms with Gasteiger partial charge in [-0.3, -0.25) is 19.7 Å². The molecule has 0 atom stereocenters. The fourth-order valence-corrected chi connectivity index (χ4v) is 1.76. The Kier molecular flexibility index (Phi) is 3.88. The number of pyridine rings is 1. The van der Waals surface area contributed by atoms with Gasteiger partial charge in [0, 0.05) is 12.3 Å². The van der Waals surface area contributed by atoms with E-state index in [0.29, 0.717) is 0 Å². The Morgan fingerprint density at radius 2 is 1.86 bits per heavy atom. The summed E-state index contributed by atoms with van der Waals surface area (Å²) in [6, 6.07) is 3.89. The van der Waals surface area contributed by atoms with Gasteiger partial charge in [-0.15, -0.1) is 0 Å². The summed E-state index contributed by atoms with van der Waals surface area (Å²) in [5.74, 6) is -2.94. The monoisotopic (exact) mass is 294 g/mol. The normalized spacial score (nSPS) is 10.4. The fraction of sp³-hybridized carbons (Fsp3) is 0.0769. The summed E-state index contributed by atoms with van der Waals surface area (Å²) in [6.07, 6.45) is 1.98. The topological polar surface area (TPSA) is 82.2 Å². The first-order valence-electron chi connectivity index (χ1n) is 5.72. The Morgan fingerprint density at radius 3 is 2.43 bits per heavy atom. The summed E-state index contributed by atoms with van der Waals surface area (Å²) in [5, 5.41) is 10.6. The molecule has 2 aromatic rings. The number of ketones is 1. The molecular formula is C13H8F2N2O4. The second-order valence-electron chi connectivity index (χ2n) is 4.14. The van der Waals surface area contributed by atoms with Crippen molar-refractivity contribution in [2.45, 2.75) is 6.54 Å². The molecule has 1 aromatic carbocycles. The summed E-state index contributed by atoms with van der Waals surface area (Å²) >= 11 is 0. The van der Waals surface area contributed by atoms with E-state index < -0.39 is 45.6 Å². The molecule has 6 nitrogen and oxygen atoms in total. The van der Waals surface area contributed by atoms with Gasteiger partial charge in [-0.1, -0.05) is 6.07 Å². The number of hydrogen-bond acceptors (Lipinski definition) is 4. The third kappa shape index (κ3) is 2.99. The van der Waals surface area contributed by atoms with Gasteiger partial charge in [0.25, 0.3) is 5.43 Å². The first-order valence-corrected chi connectivity index (χ1v) is 5.72. The molecule has 21 heavy (non-hydrogen) atoms. The molecule has 0 saturated heterocycles. The van der Waals surface area contributed by atoms with Gasteiger partial charge in [-0.2, -0.15) is 0 Å². The zero-order chi connectivity index (χ0) is 15.6. The van der Waals surface area contributed by atoms with Crippen LogP contribution in [0, 0.1) is 21.7 Å². The molecule has 1 aromatic heterocycles. The molecule has 0 saturated carbocycles. The van der Waals surface area contributed by atoms with Crippen molar-refractivity contribution < 1.29 is 18.5 Å². The van der Waals surface area contributed by atoms with E-state index in [-0.39, 0.29) is 0 Å². The molecule has 0 unspecified atom stereocenters. The number of carbonyl (C=O) groups is 1. The number of Topliss-reactive ketones (excluding diaryl/α,β-unsaturated/α-hetero) is 1. The van der Waals surface area contributed by atoms with Crippen LogP contribution in [0.1, 0.15) is 10.4 Å². The molecule has 0 bridgehead atoms. The lowest BCUT2D eigenvalue weighted by atomic mass is 10.1. The standard InChI is InChI=1S/C13H8F2N2O4/c14-8-2-1-3-9(15)13(8)12(19)7-16-5-4-11(18)10(6-16)17(20)21/h1-6H,7H2. The average molecular weight is 294 g/mol. The van der Waals surface area contributed by atoms with Crippen molar-refractivity contribution in [2.24, 2.45) is 0 Å². The van der Waals surface area contributed by atoms with Crippen LogP contribution in [0.2, 0.25) is 0 Å². The molecule has 108 valence electrons. The lowest BCUT2D eigenvalue weighted by Crippen LogP contribution is -2.17. The van der Waals surface area contributed by atoms with Crippen molar-refractivity contribution in [3.63, 3.8) is 0 Å². The first kappa shape index (κ1) is 14.5. The minimum absolute atomic E-state index is 0.529. The Balaban J connectivity index is 2.34. The van der Waals surface area contributed by atoms with Crippen LogP contribution in [-0.4, -0.2) is 15.3 Å². The maximum Gasteiger partial charge on any atom is 0.332 e. The average Bonchev–Trinajstić information content (AvgIpc) is 2.40. The van der Waals surface area contributed by atoms with Gasteiger partial charge in [0.1, 0.15) is 11.6 Å². The van der Waals surface area contributed by atoms with Crippen LogP contribution in [0.4, 0.5) is 14.5 Å². The Bertz CT molecular complexity index is 766. The van der Waals surface area contributed by atoms with Crippen LogP contribution < -0.4 is 5.43 Å². The maximum absolute atomic E-state index is 13.4. The van der Waals surface area contributed by atoms with Crippen molar-refractivity contribution >= 4 is 11.5 Å². The molecule has 1 heterocycles. The molecule has 0 fully saturated rings. The van der Waals surface area contributed by atoms with E-state index in [2.05, 4.69) is 0 Å². The minimum Gasteiger partial charge on any atom is -0.340 e. The largest absolute Gasteiger partial charge is 0.340 e. The summed E-state index contributed by atoms with van der Waals surface area (Å²) in [7, 11) is 0. The highest BCUT2D eigenvalue weighted by Gasteiger charge is 2.18. The molecular weight excluding hydrogens is 286 g/mol. The SMILES string of the molecule is O=C(Cn1ccc(=O)c([N+](=O)[O-])c1)c1c(F)cccc1F. The molecule has 0 N–H and O–H groups in total. The third-order valence-corrected chi connectivity index (χ3v) is 2.72. The highest BCUT2D eigenvalue weighted by atomic mass is 19.1. The summed E-state index contributed by atoms with van der Waals surface area (Å²) < 4.78 is 27.9. The third-order valence-electron chi connectivity index (χ3n) is 2.72. The molecule has 0 amide bonds. The van der Waals surface area contributed by atoms with Crippen LogP contribution in [0.25, 0.3) is 0 Å². The number of nitro groups is 1. The molecule has 0 aliphatic rings. The zero-order valence-corrected chi connectivity index (χ0v) is 10.5. The Morgan fingerprint density at radius 1 is 1.24 bits per heavy atom. The molecule has 0 radical (unpaired) electrons. The van der Waals surface area contributed by atoms with E-state index in [1.807, 2.05) is 0 Å². The number of nitrogens with zero attached hydrogens (tertiary/aromatic N) is 2. The lowest BCUT2D eigenvalue weighted by Gasteiger charge is -2.07. The van der Waals surface area contributed by atoms with Crippen molar-refractivity contribution in [2.75, 3.05) is 0 Å². The van der Waals surface area contributed by atoms with Crippen LogP contribution in [0.5, 0.6) is 0 Å². The van der Waals surface area contributed by atoms with E-state index in [1.54, 1.807) is 0 Å². The number of halogens is 2. The number of hydrogen-bond donors (Lipinski definition) is 0. The van der Waals surface area contributed by atoms with E-state index in [9.17, 15) is 28.5 Å². The lowest BCUT2D eigenvalue weighted by molar-refractivity contribution is -0.386. The Labute approximate surface area is 116 Å². The second-order valence-corrected chi connectivity index (χ2v) is 4.14. The highest BCUT2D eigenvalue weighted by molar-refractivity contribution is 5.96. The number of aromatic nitrogens is 1. The zero-order valence-electron chi connectivity index (χ0n) is 10.5. The van der Waals surface area contributed by atoms with Crippen molar-refractivity contribution in [1.29, 1.82) is 0 Å². The van der Waals surface area contributed by atoms with Gasteiger partial charge in [0.05, 0.1) is 23.2 Å². The quantitative estimate of drug-likeness (QED) is 0.490. The van der Waals surface area contributed by atoms with E-state index in [1.165, 1.54) is 0 Å².